The van der Waals surface area contributed by atoms with Crippen LogP contribution in [-0.4, -0.2) is 0 Å². The van der Waals surface area contributed by atoms with Gasteiger partial charge in [-0.2, -0.15) is 0 Å². The lowest BCUT2D eigenvalue weighted by molar-refractivity contribution is 1.28. The second-order valence-corrected chi connectivity index (χ2v) is 16.6. The highest BCUT2D eigenvalue weighted by Gasteiger charge is 2.18. The minimum Gasteiger partial charge on any atom is -0.310 e. The highest BCUT2D eigenvalue weighted by atomic mass is 15.1. The van der Waals surface area contributed by atoms with Gasteiger partial charge in [0.25, 0.3) is 0 Å². The van der Waals surface area contributed by atoms with Crippen molar-refractivity contribution in [1.82, 2.24) is 0 Å². The fraction of sp³-hybridized carbons (Fsp3) is 0. The van der Waals surface area contributed by atoms with Crippen LogP contribution in [0.15, 0.2) is 273 Å². The van der Waals surface area contributed by atoms with Crippen LogP contribution < -0.4 is 4.90 Å². The second-order valence-electron chi connectivity index (χ2n) is 16.6. The molecule has 0 heterocycles. The summed E-state index contributed by atoms with van der Waals surface area (Å²) in [6, 6.07) is 98.7. The van der Waals surface area contributed by atoms with E-state index >= 15 is 0 Å². The normalized spacial score (nSPS) is 11.1. The zero-order chi connectivity index (χ0) is 43.4. The van der Waals surface area contributed by atoms with Gasteiger partial charge < -0.3 is 4.90 Å². The molecule has 0 radical (unpaired) electrons. The van der Waals surface area contributed by atoms with Crippen molar-refractivity contribution < 1.29 is 0 Å². The van der Waals surface area contributed by atoms with Crippen molar-refractivity contribution in [2.24, 2.45) is 0 Å². The molecule has 0 spiro atoms. The summed E-state index contributed by atoms with van der Waals surface area (Å²) in [5, 5.41) is 2.51. The SMILES string of the molecule is c1ccc(-c2ccc(-c3ccc(N(c4ccc(-c5ccc(-c6cccc(-c7ccc8ccccc8c7)c6)cc5)cc4)c4ccccc4-c4ccc(-c5ccccc5)cc4)cc3)cc2)cc1. The number of para-hydroxylation sites is 1. The molecule has 0 aliphatic rings. The van der Waals surface area contributed by atoms with Crippen molar-refractivity contribution in [2.45, 2.75) is 0 Å². The first-order chi connectivity index (χ1) is 32.2. The van der Waals surface area contributed by atoms with Crippen LogP contribution in [0, 0.1) is 0 Å². The molecule has 1 nitrogen and oxygen atoms in total. The average Bonchev–Trinajstić information content (AvgIpc) is 3.40. The standard InChI is InChI=1S/C64H45N/c1-3-12-46(13-4-1)49-22-24-51(25-23-49)53-36-40-61(41-37-53)65(64-21-10-9-20-63(64)56-33-30-50(31-34-56)47-14-5-2-6-15-47)62-42-38-54(39-43-62)52-26-28-55(29-27-52)58-18-11-19-59(44-58)60-35-32-48-16-7-8-17-57(48)45-60/h1-45H. The minimum atomic E-state index is 1.09. The van der Waals surface area contributed by atoms with Gasteiger partial charge in [0.15, 0.2) is 0 Å². The number of hydrogen-bond donors (Lipinski definition) is 0. The lowest BCUT2D eigenvalue weighted by atomic mass is 9.96. The Morgan fingerprint density at radius 1 is 0.185 bits per heavy atom. The molecule has 0 aliphatic carbocycles. The third kappa shape index (κ3) is 8.27. The van der Waals surface area contributed by atoms with E-state index in [1.54, 1.807) is 0 Å². The maximum atomic E-state index is 2.39. The fourth-order valence-corrected chi connectivity index (χ4v) is 9.01. The average molecular weight is 828 g/mol. The summed E-state index contributed by atoms with van der Waals surface area (Å²) in [5.74, 6) is 0. The number of nitrogens with zero attached hydrogens (tertiary/aromatic N) is 1. The molecule has 0 aromatic heterocycles. The Balaban J connectivity index is 0.908. The smallest absolute Gasteiger partial charge is 0.0540 e. The Morgan fingerprint density at radius 3 is 1.02 bits per heavy atom. The van der Waals surface area contributed by atoms with Crippen molar-refractivity contribution >= 4 is 27.8 Å². The van der Waals surface area contributed by atoms with Crippen LogP contribution in [0.4, 0.5) is 17.1 Å². The summed E-state index contributed by atoms with van der Waals surface area (Å²) in [5.41, 5.74) is 20.0. The van der Waals surface area contributed by atoms with Crippen molar-refractivity contribution in [2.75, 3.05) is 4.90 Å². The third-order valence-electron chi connectivity index (χ3n) is 12.5. The maximum Gasteiger partial charge on any atom is 0.0540 e. The lowest BCUT2D eigenvalue weighted by Gasteiger charge is -2.28. The molecule has 0 N–H and O–H groups in total. The van der Waals surface area contributed by atoms with Crippen LogP contribution in [0.5, 0.6) is 0 Å². The van der Waals surface area contributed by atoms with E-state index in [1.807, 2.05) is 0 Å². The van der Waals surface area contributed by atoms with Gasteiger partial charge in [-0.25, -0.2) is 0 Å². The van der Waals surface area contributed by atoms with E-state index < -0.39 is 0 Å². The molecule has 11 aromatic carbocycles. The van der Waals surface area contributed by atoms with E-state index in [2.05, 4.69) is 278 Å². The van der Waals surface area contributed by atoms with Crippen LogP contribution in [0.1, 0.15) is 0 Å². The first-order valence-corrected chi connectivity index (χ1v) is 22.3. The third-order valence-corrected chi connectivity index (χ3v) is 12.5. The molecule has 306 valence electrons. The van der Waals surface area contributed by atoms with Crippen LogP contribution in [0.2, 0.25) is 0 Å². The molecule has 0 saturated heterocycles. The zero-order valence-corrected chi connectivity index (χ0v) is 35.9. The summed E-state index contributed by atoms with van der Waals surface area (Å²) < 4.78 is 0. The molecule has 11 aromatic rings. The molecule has 1 heteroatoms. The molecule has 0 bridgehead atoms. The number of rotatable bonds is 10. The summed E-state index contributed by atoms with van der Waals surface area (Å²) >= 11 is 0. The van der Waals surface area contributed by atoms with E-state index in [0.717, 1.165) is 22.6 Å². The highest BCUT2D eigenvalue weighted by Crippen LogP contribution is 2.42. The topological polar surface area (TPSA) is 3.24 Å². The van der Waals surface area contributed by atoms with E-state index in [1.165, 1.54) is 83.1 Å². The summed E-state index contributed by atoms with van der Waals surface area (Å²) in [4.78, 5) is 2.39. The highest BCUT2D eigenvalue weighted by molar-refractivity contribution is 5.90. The first-order valence-electron chi connectivity index (χ1n) is 22.3. The Hall–Kier alpha value is -8.52. The molecule has 0 aliphatic heterocycles. The second kappa shape index (κ2) is 17.7. The first kappa shape index (κ1) is 39.3. The van der Waals surface area contributed by atoms with E-state index in [-0.39, 0.29) is 0 Å². The summed E-state index contributed by atoms with van der Waals surface area (Å²) in [6.45, 7) is 0. The predicted octanol–water partition coefficient (Wildman–Crippen LogP) is 18.0. The van der Waals surface area contributed by atoms with E-state index in [0.29, 0.717) is 0 Å². The fourth-order valence-electron chi connectivity index (χ4n) is 9.01. The predicted molar refractivity (Wildman–Crippen MR) is 277 cm³/mol. The molecule has 0 unspecified atom stereocenters. The Bertz CT molecular complexity index is 3350. The van der Waals surface area contributed by atoms with Gasteiger partial charge in [-0.3, -0.25) is 0 Å². The van der Waals surface area contributed by atoms with E-state index in [4.69, 9.17) is 0 Å². The number of fused-ring (bicyclic) bond motifs is 1. The molecular formula is C64H45N. The van der Waals surface area contributed by atoms with Crippen molar-refractivity contribution in [3.8, 4) is 77.9 Å². The monoisotopic (exact) mass is 827 g/mol. The molecule has 0 atom stereocenters. The lowest BCUT2D eigenvalue weighted by Crippen LogP contribution is -2.11. The largest absolute Gasteiger partial charge is 0.310 e. The van der Waals surface area contributed by atoms with Gasteiger partial charge in [-0.15, -0.1) is 0 Å². The van der Waals surface area contributed by atoms with Gasteiger partial charge >= 0.3 is 0 Å². The molecule has 11 rings (SSSR count). The van der Waals surface area contributed by atoms with Crippen molar-refractivity contribution in [3.63, 3.8) is 0 Å². The molecule has 65 heavy (non-hydrogen) atoms. The summed E-state index contributed by atoms with van der Waals surface area (Å²) in [7, 11) is 0. The molecule has 0 amide bonds. The van der Waals surface area contributed by atoms with Crippen molar-refractivity contribution in [3.05, 3.63) is 273 Å². The van der Waals surface area contributed by atoms with Gasteiger partial charge in [-0.05, 0) is 126 Å². The van der Waals surface area contributed by atoms with Gasteiger partial charge in [0.1, 0.15) is 0 Å². The summed E-state index contributed by atoms with van der Waals surface area (Å²) in [6.07, 6.45) is 0. The van der Waals surface area contributed by atoms with E-state index in [9.17, 15) is 0 Å². The van der Waals surface area contributed by atoms with Gasteiger partial charge in [0.2, 0.25) is 0 Å². The number of benzene rings is 11. The number of anilines is 3. The van der Waals surface area contributed by atoms with Crippen LogP contribution in [0.25, 0.3) is 88.7 Å². The molecule has 0 saturated carbocycles. The Labute approximate surface area is 381 Å². The minimum absolute atomic E-state index is 1.09. The maximum absolute atomic E-state index is 2.39. The Morgan fingerprint density at radius 2 is 0.508 bits per heavy atom. The number of hydrogen-bond acceptors (Lipinski definition) is 1. The van der Waals surface area contributed by atoms with Gasteiger partial charge in [0.05, 0.1) is 5.69 Å². The van der Waals surface area contributed by atoms with Crippen LogP contribution in [0.3, 0.4) is 0 Å². The Kier molecular flexibility index (Phi) is 10.7. The van der Waals surface area contributed by atoms with Crippen LogP contribution >= 0.6 is 0 Å². The van der Waals surface area contributed by atoms with Gasteiger partial charge in [-0.1, -0.05) is 231 Å². The molecule has 0 fully saturated rings. The quantitative estimate of drug-likeness (QED) is 0.133. The zero-order valence-electron chi connectivity index (χ0n) is 35.9. The van der Waals surface area contributed by atoms with Crippen LogP contribution in [-0.2, 0) is 0 Å². The van der Waals surface area contributed by atoms with Gasteiger partial charge in [0, 0.05) is 16.9 Å². The van der Waals surface area contributed by atoms with Crippen molar-refractivity contribution in [1.29, 1.82) is 0 Å². The molecular weight excluding hydrogens is 783 g/mol.